The van der Waals surface area contributed by atoms with E-state index in [4.69, 9.17) is 14.8 Å². The van der Waals surface area contributed by atoms with Crippen molar-refractivity contribution in [2.24, 2.45) is 5.41 Å². The highest BCUT2D eigenvalue weighted by atomic mass is 16.5. The van der Waals surface area contributed by atoms with Crippen LogP contribution in [0.25, 0.3) is 28.2 Å². The van der Waals surface area contributed by atoms with Gasteiger partial charge in [0.15, 0.2) is 11.8 Å². The van der Waals surface area contributed by atoms with Crippen molar-refractivity contribution in [3.05, 3.63) is 66.0 Å². The van der Waals surface area contributed by atoms with Crippen LogP contribution in [0.5, 0.6) is 0 Å². The first-order chi connectivity index (χ1) is 17.3. The molecule has 36 heavy (non-hydrogen) atoms. The maximum atomic E-state index is 12.4. The van der Waals surface area contributed by atoms with Gasteiger partial charge in [0.1, 0.15) is 11.5 Å². The molecule has 8 nitrogen and oxygen atoms in total. The fourth-order valence-electron chi connectivity index (χ4n) is 4.80. The molecule has 4 aromatic rings. The van der Waals surface area contributed by atoms with E-state index in [1.807, 2.05) is 36.4 Å². The molecule has 4 heterocycles. The van der Waals surface area contributed by atoms with Crippen molar-refractivity contribution >= 4 is 17.4 Å². The molecule has 1 fully saturated rings. The van der Waals surface area contributed by atoms with Gasteiger partial charge in [-0.1, -0.05) is 44.2 Å². The number of hydrogen-bond donors (Lipinski definition) is 1. The fraction of sp³-hybridized carbons (Fsp3) is 0.357. The van der Waals surface area contributed by atoms with Gasteiger partial charge in [0.25, 0.3) is 0 Å². The molecule has 0 bridgehead atoms. The number of aryl methyl sites for hydroxylation is 1. The van der Waals surface area contributed by atoms with E-state index in [-0.39, 0.29) is 5.41 Å². The van der Waals surface area contributed by atoms with Gasteiger partial charge in [-0.15, -0.1) is 0 Å². The van der Waals surface area contributed by atoms with E-state index in [0.717, 1.165) is 42.8 Å². The van der Waals surface area contributed by atoms with Crippen LogP contribution in [0.1, 0.15) is 44.1 Å². The summed E-state index contributed by atoms with van der Waals surface area (Å²) in [6, 6.07) is 16.0. The first-order valence-electron chi connectivity index (χ1n) is 12.2. The number of pyridine rings is 1. The Morgan fingerprint density at radius 1 is 1.06 bits per heavy atom. The fourth-order valence-corrected chi connectivity index (χ4v) is 4.80. The number of carbonyl (C=O) groups excluding carboxylic acids is 1. The smallest absolute Gasteiger partial charge is 0.339 e. The van der Waals surface area contributed by atoms with Crippen LogP contribution in [0.15, 0.2) is 54.7 Å². The van der Waals surface area contributed by atoms with Crippen LogP contribution >= 0.6 is 0 Å². The van der Waals surface area contributed by atoms with Gasteiger partial charge < -0.3 is 14.7 Å². The molecule has 0 aliphatic carbocycles. The van der Waals surface area contributed by atoms with Crippen molar-refractivity contribution in [3.8, 4) is 22.5 Å². The average molecular weight is 486 g/mol. The second kappa shape index (κ2) is 9.35. The van der Waals surface area contributed by atoms with E-state index in [1.54, 1.807) is 17.6 Å². The zero-order valence-electron chi connectivity index (χ0n) is 21.1. The number of carbonyl (C=O) groups is 1. The summed E-state index contributed by atoms with van der Waals surface area (Å²) < 4.78 is 6.60. The number of rotatable bonds is 5. The normalized spacial score (nSPS) is 16.2. The molecule has 1 N–H and O–H groups in total. The van der Waals surface area contributed by atoms with Gasteiger partial charge in [-0.25, -0.2) is 9.78 Å². The molecular formula is C28H31N5O3. The zero-order valence-corrected chi connectivity index (χ0v) is 21.1. The quantitative estimate of drug-likeness (QED) is 0.413. The first kappa shape index (κ1) is 23.9. The van der Waals surface area contributed by atoms with Crippen molar-refractivity contribution in [2.75, 3.05) is 25.1 Å². The van der Waals surface area contributed by atoms with Gasteiger partial charge in [0, 0.05) is 31.0 Å². The molecular weight excluding hydrogens is 454 g/mol. The van der Waals surface area contributed by atoms with Crippen LogP contribution in [0.3, 0.4) is 0 Å². The van der Waals surface area contributed by atoms with Gasteiger partial charge in [0.2, 0.25) is 0 Å². The van der Waals surface area contributed by atoms with Gasteiger partial charge in [0.05, 0.1) is 18.4 Å². The van der Waals surface area contributed by atoms with Crippen LogP contribution in [0.4, 0.5) is 5.82 Å². The predicted molar refractivity (Wildman–Crippen MR) is 139 cm³/mol. The van der Waals surface area contributed by atoms with E-state index in [1.165, 1.54) is 7.11 Å². The second-order valence-corrected chi connectivity index (χ2v) is 10.1. The summed E-state index contributed by atoms with van der Waals surface area (Å²) in [4.78, 5) is 23.8. The average Bonchev–Trinajstić information content (AvgIpc) is 3.31. The number of aromatic nitrogens is 4. The topological polar surface area (TPSA) is 92.8 Å². The van der Waals surface area contributed by atoms with E-state index in [9.17, 15) is 9.90 Å². The molecule has 1 aliphatic heterocycles. The molecule has 186 valence electrons. The molecule has 0 saturated carbocycles. The van der Waals surface area contributed by atoms with Crippen molar-refractivity contribution in [1.82, 2.24) is 19.6 Å². The highest BCUT2D eigenvalue weighted by Gasteiger charge is 2.33. The number of methoxy groups -OCH3 is 1. The van der Waals surface area contributed by atoms with E-state index in [0.29, 0.717) is 28.4 Å². The number of nitrogens with zero attached hydrogens (tertiary/aromatic N) is 5. The number of aliphatic hydroxyl groups is 1. The molecule has 0 radical (unpaired) electrons. The van der Waals surface area contributed by atoms with E-state index in [2.05, 4.69) is 35.9 Å². The van der Waals surface area contributed by atoms with E-state index >= 15 is 0 Å². The van der Waals surface area contributed by atoms with Gasteiger partial charge in [-0.2, -0.15) is 9.61 Å². The van der Waals surface area contributed by atoms with Crippen LogP contribution in [-0.4, -0.2) is 50.9 Å². The van der Waals surface area contributed by atoms with Gasteiger partial charge >= 0.3 is 5.97 Å². The van der Waals surface area contributed by atoms with Crippen LogP contribution in [-0.2, 0) is 9.53 Å². The molecule has 1 saturated heterocycles. The molecule has 1 aromatic carbocycles. The van der Waals surface area contributed by atoms with Crippen LogP contribution < -0.4 is 4.90 Å². The maximum absolute atomic E-state index is 12.4. The minimum Gasteiger partial charge on any atom is -0.467 e. The number of hydrogen-bond acceptors (Lipinski definition) is 7. The second-order valence-electron chi connectivity index (χ2n) is 10.1. The summed E-state index contributed by atoms with van der Waals surface area (Å²) in [7, 11) is 1.27. The summed E-state index contributed by atoms with van der Waals surface area (Å²) in [6.45, 7) is 7.89. The Hall–Kier alpha value is -3.78. The molecule has 3 aromatic heterocycles. The number of piperidine rings is 1. The molecule has 1 atom stereocenters. The minimum absolute atomic E-state index is 0.232. The lowest BCUT2D eigenvalue weighted by molar-refractivity contribution is -0.150. The molecule has 8 heteroatoms. The number of fused-ring (bicyclic) bond motifs is 1. The van der Waals surface area contributed by atoms with Crippen molar-refractivity contribution in [2.45, 2.75) is 39.7 Å². The number of benzene rings is 1. The van der Waals surface area contributed by atoms with Crippen molar-refractivity contribution in [1.29, 1.82) is 0 Å². The Morgan fingerprint density at radius 2 is 1.78 bits per heavy atom. The molecule has 5 rings (SSSR count). The Labute approximate surface area is 210 Å². The Morgan fingerprint density at radius 3 is 2.47 bits per heavy atom. The third kappa shape index (κ3) is 4.44. The highest BCUT2D eigenvalue weighted by molar-refractivity contribution is 5.80. The monoisotopic (exact) mass is 485 g/mol. The summed E-state index contributed by atoms with van der Waals surface area (Å²) in [6.07, 6.45) is 2.29. The Kier molecular flexibility index (Phi) is 6.22. The number of anilines is 1. The van der Waals surface area contributed by atoms with E-state index < -0.39 is 12.1 Å². The van der Waals surface area contributed by atoms with Crippen LogP contribution in [0, 0.1) is 12.3 Å². The summed E-state index contributed by atoms with van der Waals surface area (Å²) in [5.74, 6) is -0.0428. The van der Waals surface area contributed by atoms with Crippen LogP contribution in [0.2, 0.25) is 0 Å². The lowest BCUT2D eigenvalue weighted by Crippen LogP contribution is -2.39. The largest absolute Gasteiger partial charge is 0.467 e. The molecule has 0 amide bonds. The third-order valence-corrected chi connectivity index (χ3v) is 7.05. The Bertz CT molecular complexity index is 1400. The Balaban J connectivity index is 1.65. The predicted octanol–water partition coefficient (Wildman–Crippen LogP) is 4.60. The molecule has 0 spiro atoms. The summed E-state index contributed by atoms with van der Waals surface area (Å²) >= 11 is 0. The number of ether oxygens (including phenoxy) is 1. The zero-order chi connectivity index (χ0) is 25.4. The highest BCUT2D eigenvalue weighted by Crippen LogP contribution is 2.37. The molecule has 1 aliphatic rings. The molecule has 1 unspecified atom stereocenters. The van der Waals surface area contributed by atoms with Gasteiger partial charge in [-0.3, -0.25) is 4.98 Å². The lowest BCUT2D eigenvalue weighted by atomic mass is 9.82. The minimum atomic E-state index is -1.45. The number of esters is 1. The summed E-state index contributed by atoms with van der Waals surface area (Å²) in [5.41, 5.74) is 5.39. The van der Waals surface area contributed by atoms with Crippen molar-refractivity contribution < 1.29 is 14.6 Å². The first-order valence-corrected chi connectivity index (χ1v) is 12.2. The van der Waals surface area contributed by atoms with Crippen molar-refractivity contribution in [3.63, 3.8) is 0 Å². The number of aliphatic hydroxyl groups excluding tert-OH is 1. The van der Waals surface area contributed by atoms with Gasteiger partial charge in [-0.05, 0) is 48.4 Å². The lowest BCUT2D eigenvalue weighted by Gasteiger charge is -2.39. The SMILES string of the molecule is COC(=O)C(O)c1c(C)nc2cc(-c3cc(-c4ccccc4)ccn3)nn2c1N1CCC(C)(C)CC1. The maximum Gasteiger partial charge on any atom is 0.339 e. The third-order valence-electron chi connectivity index (χ3n) is 7.05. The summed E-state index contributed by atoms with van der Waals surface area (Å²) in [5, 5.41) is 15.8. The standard InChI is InChI=1S/C28H31N5O3/c1-18-24(25(34)27(35)36-4)26(32-14-11-28(2,3)12-15-32)33-23(30-18)17-22(31-33)21-16-20(10-13-29-21)19-8-6-5-7-9-19/h5-10,13,16-17,25,34H,11-12,14-15H2,1-4H3.